The first-order valence-electron chi connectivity index (χ1n) is 12.6. The molecule has 0 rings (SSSR count). The highest BCUT2D eigenvalue weighted by Crippen LogP contribution is 2.20. The predicted octanol–water partition coefficient (Wildman–Crippen LogP) is 4.51. The molecule has 0 unspecified atom stereocenters. The lowest BCUT2D eigenvalue weighted by Crippen LogP contribution is -2.56. The average Bonchev–Trinajstić information content (AvgIpc) is 2.82. The van der Waals surface area contributed by atoms with Crippen LogP contribution in [-0.2, 0) is 23.9 Å². The maximum absolute atomic E-state index is 13.3. The molecular weight excluding hydrogens is 505 g/mol. The fraction of sp³-hybridized carbons (Fsp3) is 0.846. The van der Waals surface area contributed by atoms with E-state index in [4.69, 9.17) is 27.9 Å². The number of likely N-dealkylation sites (N-methyl/N-ethyl adjacent to an activating group) is 2. The largest absolute Gasteiger partial charge is 0.467 e. The second kappa shape index (κ2) is 18.7. The Bertz CT molecular complexity index is 690. The van der Waals surface area contributed by atoms with Gasteiger partial charge in [0.15, 0.2) is 0 Å². The van der Waals surface area contributed by atoms with Crippen molar-refractivity contribution in [2.24, 2.45) is 23.7 Å². The standard InChI is InChI=1S/C25H47N3O5.CH2Cl2/c1-12-17(6)18(7)23(30)27(9)19(8)24(31)28(10)21(14-16(4)5)22(29)26-20(13-15(2)3)25(32)33-11;2-1-3/h15-21H,12-14H2,1-11H3,(H,26,29);1H2/t17-,18+,19-,20-,21-;/m0./s1. The van der Waals surface area contributed by atoms with Crippen molar-refractivity contribution < 1.29 is 23.9 Å². The number of nitrogens with zero attached hydrogens (tertiary/aromatic N) is 2. The second-order valence-electron chi connectivity index (χ2n) is 10.2. The molecular formula is C26H49Cl2N3O5. The van der Waals surface area contributed by atoms with Gasteiger partial charge in [0, 0.05) is 20.0 Å². The normalized spacial score (nSPS) is 15.1. The van der Waals surface area contributed by atoms with Crippen LogP contribution in [0.3, 0.4) is 0 Å². The van der Waals surface area contributed by atoms with E-state index in [-0.39, 0.29) is 40.8 Å². The molecule has 0 bridgehead atoms. The van der Waals surface area contributed by atoms with Gasteiger partial charge < -0.3 is 19.9 Å². The first-order chi connectivity index (χ1) is 16.6. The molecule has 0 saturated carbocycles. The molecule has 0 aromatic rings. The second-order valence-corrected chi connectivity index (χ2v) is 11.0. The number of halogens is 2. The van der Waals surface area contributed by atoms with Gasteiger partial charge in [-0.3, -0.25) is 14.4 Å². The Kier molecular flexibility index (Phi) is 19.0. The summed E-state index contributed by atoms with van der Waals surface area (Å²) >= 11 is 9.53. The van der Waals surface area contributed by atoms with E-state index in [1.165, 1.54) is 16.9 Å². The maximum atomic E-state index is 13.3. The zero-order chi connectivity index (χ0) is 28.7. The molecule has 36 heavy (non-hydrogen) atoms. The van der Waals surface area contributed by atoms with Gasteiger partial charge in [-0.05, 0) is 37.5 Å². The Morgan fingerprint density at radius 3 is 1.69 bits per heavy atom. The zero-order valence-electron chi connectivity index (χ0n) is 24.1. The summed E-state index contributed by atoms with van der Waals surface area (Å²) in [7, 11) is 4.50. The molecule has 5 atom stereocenters. The molecule has 212 valence electrons. The van der Waals surface area contributed by atoms with Crippen LogP contribution in [0.2, 0.25) is 0 Å². The van der Waals surface area contributed by atoms with Crippen LogP contribution in [-0.4, -0.2) is 78.2 Å². The van der Waals surface area contributed by atoms with Crippen LogP contribution in [0.5, 0.6) is 0 Å². The first kappa shape index (κ1) is 36.6. The summed E-state index contributed by atoms with van der Waals surface area (Å²) in [5, 5.41) is 2.98. The van der Waals surface area contributed by atoms with E-state index in [2.05, 4.69) is 5.32 Å². The summed E-state index contributed by atoms with van der Waals surface area (Å²) in [5.74, 6) is -1.01. The van der Waals surface area contributed by atoms with Crippen molar-refractivity contribution in [3.8, 4) is 0 Å². The van der Waals surface area contributed by atoms with Gasteiger partial charge in [-0.25, -0.2) is 4.79 Å². The molecule has 0 aliphatic carbocycles. The number of hydrogen-bond donors (Lipinski definition) is 1. The molecule has 10 heteroatoms. The molecule has 0 spiro atoms. The van der Waals surface area contributed by atoms with Crippen LogP contribution >= 0.6 is 23.2 Å². The lowest BCUT2D eigenvalue weighted by atomic mass is 9.92. The monoisotopic (exact) mass is 553 g/mol. The van der Waals surface area contributed by atoms with Crippen molar-refractivity contribution in [1.29, 1.82) is 0 Å². The van der Waals surface area contributed by atoms with Crippen molar-refractivity contribution in [1.82, 2.24) is 15.1 Å². The lowest BCUT2D eigenvalue weighted by Gasteiger charge is -2.35. The highest BCUT2D eigenvalue weighted by atomic mass is 35.5. The zero-order valence-corrected chi connectivity index (χ0v) is 25.6. The van der Waals surface area contributed by atoms with Crippen LogP contribution in [0.15, 0.2) is 0 Å². The Hall–Kier alpha value is -1.54. The van der Waals surface area contributed by atoms with E-state index in [1.807, 2.05) is 48.5 Å². The highest BCUT2D eigenvalue weighted by molar-refractivity contribution is 6.40. The molecule has 0 aliphatic heterocycles. The third-order valence-corrected chi connectivity index (χ3v) is 6.49. The molecule has 0 heterocycles. The minimum absolute atomic E-state index is 0.0915. The minimum Gasteiger partial charge on any atom is -0.467 e. The molecule has 1 N–H and O–H groups in total. The average molecular weight is 555 g/mol. The first-order valence-corrected chi connectivity index (χ1v) is 13.7. The Morgan fingerprint density at radius 2 is 1.31 bits per heavy atom. The van der Waals surface area contributed by atoms with Crippen LogP contribution < -0.4 is 5.32 Å². The minimum atomic E-state index is -0.779. The van der Waals surface area contributed by atoms with Crippen molar-refractivity contribution in [3.63, 3.8) is 0 Å². The van der Waals surface area contributed by atoms with Gasteiger partial charge in [0.05, 0.1) is 12.4 Å². The summed E-state index contributed by atoms with van der Waals surface area (Å²) < 4.78 is 4.85. The predicted molar refractivity (Wildman–Crippen MR) is 147 cm³/mol. The molecule has 0 aromatic heterocycles. The molecule has 0 aliphatic rings. The number of amides is 3. The van der Waals surface area contributed by atoms with E-state index in [9.17, 15) is 19.2 Å². The highest BCUT2D eigenvalue weighted by Gasteiger charge is 2.36. The Labute approximate surface area is 228 Å². The number of methoxy groups -OCH3 is 1. The third-order valence-electron chi connectivity index (χ3n) is 6.49. The number of esters is 1. The van der Waals surface area contributed by atoms with Crippen LogP contribution in [0.25, 0.3) is 0 Å². The smallest absolute Gasteiger partial charge is 0.328 e. The van der Waals surface area contributed by atoms with Crippen LogP contribution in [0.4, 0.5) is 0 Å². The van der Waals surface area contributed by atoms with Crippen LogP contribution in [0, 0.1) is 23.7 Å². The van der Waals surface area contributed by atoms with Gasteiger partial charge in [-0.2, -0.15) is 0 Å². The number of hydrogen-bond acceptors (Lipinski definition) is 5. The Balaban J connectivity index is 0. The SMILES string of the molecule is CC[C@H](C)[C@@H](C)C(=O)N(C)[C@@H](C)C(=O)N(C)[C@@H](CC(C)C)C(=O)N[C@@H](CC(C)C)C(=O)OC.ClCCl. The number of ether oxygens (including phenoxy) is 1. The van der Waals surface area contributed by atoms with E-state index in [0.717, 1.165) is 6.42 Å². The number of carbonyl (C=O) groups is 4. The molecule has 0 saturated heterocycles. The van der Waals surface area contributed by atoms with Crippen molar-refractivity contribution in [2.45, 2.75) is 92.8 Å². The molecule has 8 nitrogen and oxygen atoms in total. The number of carbonyl (C=O) groups excluding carboxylic acids is 4. The summed E-state index contributed by atoms with van der Waals surface area (Å²) in [4.78, 5) is 54.4. The maximum Gasteiger partial charge on any atom is 0.328 e. The van der Waals surface area contributed by atoms with Crippen molar-refractivity contribution in [2.75, 3.05) is 26.5 Å². The van der Waals surface area contributed by atoms with E-state index < -0.39 is 30.0 Å². The topological polar surface area (TPSA) is 96.0 Å². The van der Waals surface area contributed by atoms with Crippen molar-refractivity contribution in [3.05, 3.63) is 0 Å². The van der Waals surface area contributed by atoms with Gasteiger partial charge in [0.1, 0.15) is 18.1 Å². The van der Waals surface area contributed by atoms with E-state index in [0.29, 0.717) is 12.8 Å². The molecule has 0 aromatic carbocycles. The summed E-state index contributed by atoms with van der Waals surface area (Å²) in [6, 6.07) is -2.27. The quantitative estimate of drug-likeness (QED) is 0.267. The van der Waals surface area contributed by atoms with Gasteiger partial charge >= 0.3 is 5.97 Å². The van der Waals surface area contributed by atoms with E-state index in [1.54, 1.807) is 21.0 Å². The van der Waals surface area contributed by atoms with Gasteiger partial charge in [0.2, 0.25) is 17.7 Å². The van der Waals surface area contributed by atoms with Gasteiger partial charge in [-0.15, -0.1) is 23.2 Å². The fourth-order valence-electron chi connectivity index (χ4n) is 3.71. The fourth-order valence-corrected chi connectivity index (χ4v) is 3.71. The number of alkyl halides is 2. The molecule has 3 amide bonds. The molecule has 0 radical (unpaired) electrons. The molecule has 0 fully saturated rings. The lowest BCUT2D eigenvalue weighted by molar-refractivity contribution is -0.150. The van der Waals surface area contributed by atoms with Crippen LogP contribution in [0.1, 0.15) is 74.7 Å². The van der Waals surface area contributed by atoms with E-state index >= 15 is 0 Å². The van der Waals surface area contributed by atoms with Gasteiger partial charge in [0.25, 0.3) is 0 Å². The summed E-state index contributed by atoms with van der Waals surface area (Å²) in [6.45, 7) is 15.5. The summed E-state index contributed by atoms with van der Waals surface area (Å²) in [6.07, 6.45) is 1.74. The Morgan fingerprint density at radius 1 is 0.833 bits per heavy atom. The van der Waals surface area contributed by atoms with Gasteiger partial charge in [-0.1, -0.05) is 54.9 Å². The number of rotatable bonds is 13. The van der Waals surface area contributed by atoms with Crippen molar-refractivity contribution >= 4 is 46.9 Å². The summed E-state index contributed by atoms with van der Waals surface area (Å²) in [5.41, 5.74) is 0. The third kappa shape index (κ3) is 12.6. The number of nitrogens with one attached hydrogen (secondary N) is 1.